The number of nitrogens with zero attached hydrogens (tertiary/aromatic N) is 1. The van der Waals surface area contributed by atoms with Gasteiger partial charge in [-0.2, -0.15) is 0 Å². The second kappa shape index (κ2) is 9.22. The number of hydrogen-bond acceptors (Lipinski definition) is 4. The van der Waals surface area contributed by atoms with E-state index >= 15 is 0 Å². The van der Waals surface area contributed by atoms with Crippen LogP contribution in [0.25, 0.3) is 22.0 Å². The van der Waals surface area contributed by atoms with Gasteiger partial charge >= 0.3 is 0 Å². The van der Waals surface area contributed by atoms with E-state index in [2.05, 4.69) is 9.71 Å². The number of pyridine rings is 1. The molecule has 2 heterocycles. The molecular formula is C26H22F3N3O4S. The Morgan fingerprint density at radius 2 is 1.84 bits per heavy atom. The normalized spacial score (nSPS) is 13.7. The summed E-state index contributed by atoms with van der Waals surface area (Å²) in [5.74, 6) is -3.16. The van der Waals surface area contributed by atoms with Crippen LogP contribution in [0.4, 0.5) is 13.2 Å². The molecule has 0 spiro atoms. The van der Waals surface area contributed by atoms with Crippen LogP contribution in [0, 0.1) is 17.5 Å². The third-order valence-electron chi connectivity index (χ3n) is 6.45. The first-order valence-corrected chi connectivity index (χ1v) is 13.2. The highest BCUT2D eigenvalue weighted by Crippen LogP contribution is 2.37. The maximum absolute atomic E-state index is 15.0. The van der Waals surface area contributed by atoms with E-state index in [1.54, 1.807) is 6.92 Å². The van der Waals surface area contributed by atoms with Gasteiger partial charge in [0.2, 0.25) is 10.0 Å². The number of halogens is 3. The number of carbonyl (C=O) groups excluding carboxylic acids is 1. The molecule has 2 N–H and O–H groups in total. The molecule has 1 saturated carbocycles. The largest absolute Gasteiger partial charge is 0.331 e. The maximum atomic E-state index is 15.0. The van der Waals surface area contributed by atoms with Crippen molar-refractivity contribution in [3.05, 3.63) is 93.3 Å². The summed E-state index contributed by atoms with van der Waals surface area (Å²) in [5, 5.41) is -0.427. The Bertz CT molecular complexity index is 1720. The molecule has 1 fully saturated rings. The number of amides is 1. The number of hydrogen-bond donors (Lipinski definition) is 2. The third kappa shape index (κ3) is 4.55. The van der Waals surface area contributed by atoms with Gasteiger partial charge in [-0.15, -0.1) is 0 Å². The minimum atomic E-state index is -4.01. The lowest BCUT2D eigenvalue weighted by atomic mass is 10.0. The fourth-order valence-corrected chi connectivity index (χ4v) is 5.73. The Morgan fingerprint density at radius 1 is 1.08 bits per heavy atom. The average molecular weight is 530 g/mol. The van der Waals surface area contributed by atoms with Crippen LogP contribution in [0.2, 0.25) is 0 Å². The number of aromatic amines is 1. The Labute approximate surface area is 210 Å². The van der Waals surface area contributed by atoms with E-state index in [4.69, 9.17) is 0 Å². The molecule has 0 unspecified atom stereocenters. The van der Waals surface area contributed by atoms with Crippen molar-refractivity contribution >= 4 is 26.8 Å². The molecule has 0 aliphatic heterocycles. The van der Waals surface area contributed by atoms with Crippen LogP contribution in [0.15, 0.2) is 53.5 Å². The molecule has 2 aromatic heterocycles. The van der Waals surface area contributed by atoms with Gasteiger partial charge in [-0.1, -0.05) is 6.92 Å². The van der Waals surface area contributed by atoms with E-state index in [1.807, 2.05) is 0 Å². The molecule has 0 saturated heterocycles. The molecule has 0 atom stereocenters. The summed E-state index contributed by atoms with van der Waals surface area (Å²) in [6, 6.07) is 8.41. The molecule has 2 aromatic carbocycles. The van der Waals surface area contributed by atoms with Gasteiger partial charge in [-0.05, 0) is 67.3 Å². The standard InChI is InChI=1S/C26H22F3N3O4S/c1-2-14-11-19-22(12-21(14)29)32(13-15-10-16(27)5-8-20(15)28)24(23(19)18-4-3-9-30-25(18)33)26(34)31-37(35,36)17-6-7-17/h3-5,8-12,17H,2,6-7,13H2,1H3,(H,30,33)(H,31,34). The van der Waals surface area contributed by atoms with Gasteiger partial charge < -0.3 is 9.55 Å². The number of H-pyrrole nitrogens is 1. The first kappa shape index (κ1) is 24.8. The van der Waals surface area contributed by atoms with Gasteiger partial charge in [0.15, 0.2) is 0 Å². The lowest BCUT2D eigenvalue weighted by Gasteiger charge is -2.14. The van der Waals surface area contributed by atoms with Crippen molar-refractivity contribution in [2.75, 3.05) is 0 Å². The number of nitrogens with one attached hydrogen (secondary N) is 2. The molecule has 37 heavy (non-hydrogen) atoms. The van der Waals surface area contributed by atoms with E-state index < -0.39 is 50.7 Å². The summed E-state index contributed by atoms with van der Waals surface area (Å²) >= 11 is 0. The van der Waals surface area contributed by atoms with E-state index in [9.17, 15) is 31.2 Å². The van der Waals surface area contributed by atoms with Crippen molar-refractivity contribution in [3.63, 3.8) is 0 Å². The highest BCUT2D eigenvalue weighted by atomic mass is 32.2. The number of carbonyl (C=O) groups is 1. The van der Waals surface area contributed by atoms with Crippen molar-refractivity contribution in [1.82, 2.24) is 14.3 Å². The zero-order valence-electron chi connectivity index (χ0n) is 19.6. The minimum Gasteiger partial charge on any atom is -0.331 e. The van der Waals surface area contributed by atoms with E-state index in [1.165, 1.54) is 29.0 Å². The van der Waals surface area contributed by atoms with Crippen LogP contribution in [-0.4, -0.2) is 29.1 Å². The van der Waals surface area contributed by atoms with Gasteiger partial charge in [0.1, 0.15) is 23.1 Å². The van der Waals surface area contributed by atoms with Crippen LogP contribution in [-0.2, 0) is 23.0 Å². The lowest BCUT2D eigenvalue weighted by Crippen LogP contribution is -2.35. The van der Waals surface area contributed by atoms with Crippen LogP contribution in [0.3, 0.4) is 0 Å². The molecule has 0 radical (unpaired) electrons. The average Bonchev–Trinajstić information content (AvgIpc) is 3.67. The van der Waals surface area contributed by atoms with Gasteiger partial charge in [0.25, 0.3) is 11.5 Å². The number of sulfonamides is 1. The third-order valence-corrected chi connectivity index (χ3v) is 8.27. The van der Waals surface area contributed by atoms with Crippen molar-refractivity contribution < 1.29 is 26.4 Å². The van der Waals surface area contributed by atoms with Crippen LogP contribution in [0.1, 0.15) is 41.4 Å². The predicted octanol–water partition coefficient (Wildman–Crippen LogP) is 4.25. The van der Waals surface area contributed by atoms with Crippen LogP contribution >= 0.6 is 0 Å². The lowest BCUT2D eigenvalue weighted by molar-refractivity contribution is 0.0973. The quantitative estimate of drug-likeness (QED) is 0.374. The first-order chi connectivity index (χ1) is 17.6. The van der Waals surface area contributed by atoms with Crippen LogP contribution in [0.5, 0.6) is 0 Å². The summed E-state index contributed by atoms with van der Waals surface area (Å²) < 4.78 is 72.2. The SMILES string of the molecule is CCc1cc2c(-c3ccc[nH]c3=O)c(C(=O)NS(=O)(=O)C3CC3)n(Cc3cc(F)ccc3F)c2cc1F. The van der Waals surface area contributed by atoms with Crippen molar-refractivity contribution in [3.8, 4) is 11.1 Å². The predicted molar refractivity (Wildman–Crippen MR) is 132 cm³/mol. The summed E-state index contributed by atoms with van der Waals surface area (Å²) in [4.78, 5) is 28.9. The monoisotopic (exact) mass is 529 g/mol. The maximum Gasteiger partial charge on any atom is 0.282 e. The molecule has 1 aliphatic carbocycles. The molecule has 192 valence electrons. The molecule has 1 aliphatic rings. The second-order valence-corrected chi connectivity index (χ2v) is 10.9. The Morgan fingerprint density at radius 3 is 2.51 bits per heavy atom. The molecule has 4 aromatic rings. The van der Waals surface area contributed by atoms with Crippen LogP contribution < -0.4 is 10.3 Å². The first-order valence-electron chi connectivity index (χ1n) is 11.6. The summed E-state index contributed by atoms with van der Waals surface area (Å²) in [5.41, 5.74) is -0.490. The zero-order valence-corrected chi connectivity index (χ0v) is 20.5. The van der Waals surface area contributed by atoms with Gasteiger partial charge in [-0.25, -0.2) is 26.3 Å². The number of fused-ring (bicyclic) bond motifs is 1. The molecular weight excluding hydrogens is 507 g/mol. The summed E-state index contributed by atoms with van der Waals surface area (Å²) in [7, 11) is -4.01. The molecule has 5 rings (SSSR count). The van der Waals surface area contributed by atoms with Crippen molar-refractivity contribution in [1.29, 1.82) is 0 Å². The van der Waals surface area contributed by atoms with E-state index in [0.717, 1.165) is 24.3 Å². The van der Waals surface area contributed by atoms with Crippen molar-refractivity contribution in [2.24, 2.45) is 0 Å². The Balaban J connectivity index is 1.85. The number of aromatic nitrogens is 2. The Kier molecular flexibility index (Phi) is 6.18. The van der Waals surface area contributed by atoms with Gasteiger partial charge in [0.05, 0.1) is 17.3 Å². The highest BCUT2D eigenvalue weighted by molar-refractivity contribution is 7.91. The number of benzene rings is 2. The second-order valence-electron chi connectivity index (χ2n) is 8.95. The number of aryl methyl sites for hydroxylation is 1. The van der Waals surface area contributed by atoms with Gasteiger partial charge in [-0.3, -0.25) is 9.59 Å². The molecule has 7 nitrogen and oxygen atoms in total. The summed E-state index contributed by atoms with van der Waals surface area (Å²) in [6.07, 6.45) is 2.49. The van der Waals surface area contributed by atoms with E-state index in [0.29, 0.717) is 30.2 Å². The minimum absolute atomic E-state index is 0.0357. The topological polar surface area (TPSA) is 101 Å². The van der Waals surface area contributed by atoms with Gasteiger partial charge in [0, 0.05) is 28.3 Å². The molecule has 1 amide bonds. The Hall–Kier alpha value is -3.86. The number of rotatable bonds is 7. The van der Waals surface area contributed by atoms with E-state index in [-0.39, 0.29) is 27.9 Å². The highest BCUT2D eigenvalue weighted by Gasteiger charge is 2.38. The zero-order chi connectivity index (χ0) is 26.5. The molecule has 11 heteroatoms. The smallest absolute Gasteiger partial charge is 0.282 e. The fraction of sp³-hybridized carbons (Fsp3) is 0.231. The summed E-state index contributed by atoms with van der Waals surface area (Å²) in [6.45, 7) is 1.30. The fourth-order valence-electron chi connectivity index (χ4n) is 4.45. The van der Waals surface area contributed by atoms with Crippen molar-refractivity contribution in [2.45, 2.75) is 38.0 Å². The molecule has 0 bridgehead atoms.